The lowest BCUT2D eigenvalue weighted by atomic mass is 9.90. The summed E-state index contributed by atoms with van der Waals surface area (Å²) < 4.78 is 10.9. The van der Waals surface area contributed by atoms with Crippen molar-refractivity contribution in [2.24, 2.45) is 5.73 Å². The summed E-state index contributed by atoms with van der Waals surface area (Å²) in [6, 6.07) is 7.69. The largest absolute Gasteiger partial charge is 0.491 e. The molecule has 0 saturated carbocycles. The molecule has 0 bridgehead atoms. The Labute approximate surface area is 144 Å². The van der Waals surface area contributed by atoms with E-state index in [0.717, 1.165) is 11.3 Å². The third-order valence-corrected chi connectivity index (χ3v) is 3.94. The Hall–Kier alpha value is -1.30. The van der Waals surface area contributed by atoms with Gasteiger partial charge in [0.15, 0.2) is 0 Å². The number of hydrogen-bond donors (Lipinski definition) is 2. The van der Waals surface area contributed by atoms with Crippen LogP contribution in [-0.2, 0) is 9.53 Å². The van der Waals surface area contributed by atoms with Crippen molar-refractivity contribution in [2.75, 3.05) is 13.2 Å². The minimum absolute atomic E-state index is 0. The second-order valence-corrected chi connectivity index (χ2v) is 6.20. The summed E-state index contributed by atoms with van der Waals surface area (Å²) in [7, 11) is 0. The minimum atomic E-state index is -0.812. The lowest BCUT2D eigenvalue weighted by Crippen LogP contribution is -2.57. The maximum atomic E-state index is 12.4. The number of ether oxygens (including phenoxy) is 2. The highest BCUT2D eigenvalue weighted by Gasteiger charge is 2.36. The summed E-state index contributed by atoms with van der Waals surface area (Å²) in [5.41, 5.74) is 6.41. The van der Waals surface area contributed by atoms with Gasteiger partial charge in [0.25, 0.3) is 0 Å². The van der Waals surface area contributed by atoms with Gasteiger partial charge in [0, 0.05) is 13.2 Å². The number of carbonyl (C=O) groups excluding carboxylic acids is 1. The van der Waals surface area contributed by atoms with Gasteiger partial charge in [-0.25, -0.2) is 0 Å². The van der Waals surface area contributed by atoms with Crippen molar-refractivity contribution in [1.82, 2.24) is 5.32 Å². The standard InChI is InChI=1S/C17H26N2O3.ClH/c1-12(2)22-15-6-4-14(5-7-15)13(3)19-16(20)17(18)8-10-21-11-9-17;/h4-7,12-13H,8-11,18H2,1-3H3,(H,19,20);1H. The SMILES string of the molecule is CC(C)Oc1ccc(C(C)NC(=O)C2(N)CCOCC2)cc1.Cl. The van der Waals surface area contributed by atoms with E-state index in [4.69, 9.17) is 15.2 Å². The maximum absolute atomic E-state index is 12.4. The number of halogens is 1. The highest BCUT2D eigenvalue weighted by molar-refractivity contribution is 5.86. The van der Waals surface area contributed by atoms with Crippen LogP contribution in [0.1, 0.15) is 45.2 Å². The normalized spacial score (nSPS) is 18.0. The molecule has 2 rings (SSSR count). The van der Waals surface area contributed by atoms with Gasteiger partial charge in [0.2, 0.25) is 5.91 Å². The summed E-state index contributed by atoms with van der Waals surface area (Å²) in [5, 5.41) is 3.01. The Morgan fingerprint density at radius 1 is 1.22 bits per heavy atom. The molecule has 3 N–H and O–H groups in total. The first-order valence-corrected chi connectivity index (χ1v) is 7.85. The van der Waals surface area contributed by atoms with E-state index in [1.165, 1.54) is 0 Å². The lowest BCUT2D eigenvalue weighted by Gasteiger charge is -2.33. The van der Waals surface area contributed by atoms with E-state index in [9.17, 15) is 4.79 Å². The van der Waals surface area contributed by atoms with Gasteiger partial charge in [-0.3, -0.25) is 4.79 Å². The average molecular weight is 343 g/mol. The van der Waals surface area contributed by atoms with E-state index in [1.54, 1.807) is 0 Å². The number of hydrogen-bond acceptors (Lipinski definition) is 4. The van der Waals surface area contributed by atoms with Crippen molar-refractivity contribution in [2.45, 2.75) is 51.3 Å². The molecule has 0 aromatic heterocycles. The lowest BCUT2D eigenvalue weighted by molar-refractivity contribution is -0.130. The number of rotatable bonds is 5. The fourth-order valence-corrected chi connectivity index (χ4v) is 2.49. The summed E-state index contributed by atoms with van der Waals surface area (Å²) in [5.74, 6) is 0.725. The first-order chi connectivity index (χ1) is 10.4. The smallest absolute Gasteiger partial charge is 0.240 e. The van der Waals surface area contributed by atoms with Gasteiger partial charge in [0.1, 0.15) is 5.75 Å². The second kappa shape index (κ2) is 8.52. The molecule has 1 aliphatic heterocycles. The molecule has 0 radical (unpaired) electrons. The fourth-order valence-electron chi connectivity index (χ4n) is 2.49. The van der Waals surface area contributed by atoms with Gasteiger partial charge in [-0.1, -0.05) is 12.1 Å². The minimum Gasteiger partial charge on any atom is -0.491 e. The van der Waals surface area contributed by atoms with E-state index in [1.807, 2.05) is 45.0 Å². The molecule has 6 heteroatoms. The van der Waals surface area contributed by atoms with Crippen LogP contribution in [0.3, 0.4) is 0 Å². The number of benzene rings is 1. The van der Waals surface area contributed by atoms with Crippen LogP contribution in [0.5, 0.6) is 5.75 Å². The predicted octanol–water partition coefficient (Wildman–Crippen LogP) is 2.58. The summed E-state index contributed by atoms with van der Waals surface area (Å²) in [6.45, 7) is 7.02. The van der Waals surface area contributed by atoms with Crippen molar-refractivity contribution < 1.29 is 14.3 Å². The van der Waals surface area contributed by atoms with E-state index in [0.29, 0.717) is 26.1 Å². The zero-order valence-electron chi connectivity index (χ0n) is 14.0. The molecule has 1 unspecified atom stereocenters. The maximum Gasteiger partial charge on any atom is 0.240 e. The van der Waals surface area contributed by atoms with Crippen LogP contribution in [0.4, 0.5) is 0 Å². The molecule has 130 valence electrons. The Kier molecular flexibility index (Phi) is 7.32. The van der Waals surface area contributed by atoms with Gasteiger partial charge < -0.3 is 20.5 Å². The fraction of sp³-hybridized carbons (Fsp3) is 0.588. The van der Waals surface area contributed by atoms with Crippen LogP contribution in [0.25, 0.3) is 0 Å². The number of nitrogens with one attached hydrogen (secondary N) is 1. The van der Waals surface area contributed by atoms with Gasteiger partial charge in [-0.05, 0) is 51.3 Å². The molecule has 0 aliphatic carbocycles. The zero-order chi connectivity index (χ0) is 16.2. The molecule has 23 heavy (non-hydrogen) atoms. The molecule has 1 atom stereocenters. The number of amides is 1. The molecule has 5 nitrogen and oxygen atoms in total. The predicted molar refractivity (Wildman–Crippen MR) is 93.0 cm³/mol. The van der Waals surface area contributed by atoms with Gasteiger partial charge in [-0.15, -0.1) is 12.4 Å². The number of nitrogens with two attached hydrogens (primary N) is 1. The molecular weight excluding hydrogens is 316 g/mol. The monoisotopic (exact) mass is 342 g/mol. The van der Waals surface area contributed by atoms with E-state index in [2.05, 4.69) is 5.32 Å². The van der Waals surface area contributed by atoms with Crippen molar-refractivity contribution in [3.63, 3.8) is 0 Å². The Bertz CT molecular complexity index is 499. The van der Waals surface area contributed by atoms with Crippen LogP contribution in [0.2, 0.25) is 0 Å². The first-order valence-electron chi connectivity index (χ1n) is 7.85. The molecule has 1 aromatic rings. The van der Waals surface area contributed by atoms with E-state index in [-0.39, 0.29) is 30.5 Å². The number of carbonyl (C=O) groups is 1. The molecule has 0 spiro atoms. The van der Waals surface area contributed by atoms with Crippen molar-refractivity contribution in [3.05, 3.63) is 29.8 Å². The Morgan fingerprint density at radius 3 is 2.30 bits per heavy atom. The van der Waals surface area contributed by atoms with Gasteiger partial charge in [-0.2, -0.15) is 0 Å². The van der Waals surface area contributed by atoms with Crippen molar-refractivity contribution in [3.8, 4) is 5.75 Å². The Morgan fingerprint density at radius 2 is 1.78 bits per heavy atom. The Balaban J connectivity index is 0.00000264. The third-order valence-electron chi connectivity index (χ3n) is 3.94. The molecule has 1 heterocycles. The zero-order valence-corrected chi connectivity index (χ0v) is 14.8. The summed E-state index contributed by atoms with van der Waals surface area (Å²) in [6.07, 6.45) is 1.27. The van der Waals surface area contributed by atoms with Crippen LogP contribution < -0.4 is 15.8 Å². The van der Waals surface area contributed by atoms with Crippen molar-refractivity contribution in [1.29, 1.82) is 0 Å². The quantitative estimate of drug-likeness (QED) is 0.862. The second-order valence-electron chi connectivity index (χ2n) is 6.20. The highest BCUT2D eigenvalue weighted by Crippen LogP contribution is 2.22. The molecular formula is C17H27ClN2O3. The van der Waals surface area contributed by atoms with Gasteiger partial charge in [0.05, 0.1) is 17.7 Å². The van der Waals surface area contributed by atoms with E-state index < -0.39 is 5.54 Å². The third kappa shape index (κ3) is 5.37. The molecule has 1 aromatic carbocycles. The topological polar surface area (TPSA) is 73.6 Å². The average Bonchev–Trinajstić information content (AvgIpc) is 2.48. The molecule has 1 aliphatic rings. The van der Waals surface area contributed by atoms with Crippen LogP contribution in [-0.4, -0.2) is 30.8 Å². The highest BCUT2D eigenvalue weighted by atomic mass is 35.5. The van der Waals surface area contributed by atoms with Crippen molar-refractivity contribution >= 4 is 18.3 Å². The summed E-state index contributed by atoms with van der Waals surface area (Å²) >= 11 is 0. The van der Waals surface area contributed by atoms with Crippen LogP contribution in [0, 0.1) is 0 Å². The van der Waals surface area contributed by atoms with Gasteiger partial charge >= 0.3 is 0 Å². The van der Waals surface area contributed by atoms with Crippen LogP contribution >= 0.6 is 12.4 Å². The molecule has 1 fully saturated rings. The first kappa shape index (κ1) is 19.7. The molecule has 1 saturated heterocycles. The summed E-state index contributed by atoms with van der Waals surface area (Å²) in [4.78, 5) is 12.4. The van der Waals surface area contributed by atoms with E-state index >= 15 is 0 Å². The molecule has 1 amide bonds. The van der Waals surface area contributed by atoms with Crippen LogP contribution in [0.15, 0.2) is 24.3 Å².